The second-order valence-corrected chi connectivity index (χ2v) is 4.72. The summed E-state index contributed by atoms with van der Waals surface area (Å²) in [6, 6.07) is 4.43. The fourth-order valence-corrected chi connectivity index (χ4v) is 3.25. The third kappa shape index (κ3) is 1.31. The normalized spacial score (nSPS) is 11.0. The molecule has 0 atom stereocenters. The number of rotatable bonds is 2. The number of thiophene rings is 2. The van der Waals surface area contributed by atoms with Gasteiger partial charge in [0, 0.05) is 16.8 Å². The minimum atomic E-state index is 0.992. The van der Waals surface area contributed by atoms with Gasteiger partial charge in [-0.15, -0.1) is 22.7 Å². The van der Waals surface area contributed by atoms with Crippen molar-refractivity contribution in [3.8, 4) is 0 Å². The van der Waals surface area contributed by atoms with E-state index in [9.17, 15) is 0 Å². The largest absolute Gasteiger partial charge is 0.315 e. The van der Waals surface area contributed by atoms with Gasteiger partial charge in [0.05, 0.1) is 4.01 Å². The summed E-state index contributed by atoms with van der Waals surface area (Å²) in [4.78, 5) is 1.43. The molecule has 0 spiro atoms. The van der Waals surface area contributed by atoms with Gasteiger partial charge < -0.3 is 5.32 Å². The predicted molar refractivity (Wildman–Crippen MR) is 52.5 cm³/mol. The van der Waals surface area contributed by atoms with Crippen molar-refractivity contribution in [1.82, 2.24) is 5.32 Å². The summed E-state index contributed by atoms with van der Waals surface area (Å²) in [5.74, 6) is 0. The molecule has 0 bridgehead atoms. The lowest BCUT2D eigenvalue weighted by atomic mass is 10.4. The third-order valence-electron chi connectivity index (χ3n) is 1.55. The van der Waals surface area contributed by atoms with Crippen LogP contribution in [0.4, 0.5) is 0 Å². The van der Waals surface area contributed by atoms with Gasteiger partial charge >= 0.3 is 0 Å². The van der Waals surface area contributed by atoms with Crippen molar-refractivity contribution >= 4 is 32.1 Å². The summed E-state index contributed by atoms with van der Waals surface area (Å²) in [6.07, 6.45) is 0. The van der Waals surface area contributed by atoms with Gasteiger partial charge in [-0.1, -0.05) is 0 Å². The average Bonchev–Trinajstić information content (AvgIpc) is 2.46. The van der Waals surface area contributed by atoms with E-state index < -0.39 is 0 Å². The lowest BCUT2D eigenvalue weighted by Gasteiger charge is -1.89. The summed E-state index contributed by atoms with van der Waals surface area (Å²) in [5.41, 5.74) is 0. The molecule has 0 saturated carbocycles. The molecule has 0 aliphatic heterocycles. The summed E-state index contributed by atoms with van der Waals surface area (Å²) in [5, 5.41) is 6.69. The molecule has 0 unspecified atom stereocenters. The molecule has 11 heavy (non-hydrogen) atoms. The zero-order valence-corrected chi connectivity index (χ0v) is 7.89. The molecule has 0 saturated heterocycles. The van der Waals surface area contributed by atoms with Crippen molar-refractivity contribution in [1.29, 1.82) is 0 Å². The molecule has 1 nitrogen and oxygen atoms in total. The lowest BCUT2D eigenvalue weighted by molar-refractivity contribution is 0.832. The van der Waals surface area contributed by atoms with Gasteiger partial charge in [0.2, 0.25) is 0 Å². The Morgan fingerprint density at radius 1 is 1.55 bits per heavy atom. The number of nitrogens with one attached hydrogen (secondary N) is 1. The minimum absolute atomic E-state index is 0.992. The van der Waals surface area contributed by atoms with Crippen molar-refractivity contribution in [2.75, 3.05) is 7.05 Å². The summed E-state index contributed by atoms with van der Waals surface area (Å²) in [6.45, 7) is 0.992. The smallest absolute Gasteiger partial charge is 0.0868 e. The second-order valence-electron chi connectivity index (χ2n) is 2.41. The quantitative estimate of drug-likeness (QED) is 0.755. The highest BCUT2D eigenvalue weighted by Gasteiger charge is 2.00. The van der Waals surface area contributed by atoms with Crippen LogP contribution in [0.2, 0.25) is 0 Å². The average molecular weight is 183 g/mol. The Kier molecular flexibility index (Phi) is 1.94. The van der Waals surface area contributed by atoms with Crippen LogP contribution >= 0.6 is 22.7 Å². The lowest BCUT2D eigenvalue weighted by Crippen LogP contribution is -2.02. The highest BCUT2D eigenvalue weighted by atomic mass is 32.2. The predicted octanol–water partition coefficient (Wildman–Crippen LogP) is 2.68. The van der Waals surface area contributed by atoms with Crippen molar-refractivity contribution in [2.45, 2.75) is 6.54 Å². The first-order chi connectivity index (χ1) is 5.40. The molecule has 2 heterocycles. The van der Waals surface area contributed by atoms with E-state index in [0.717, 1.165) is 6.54 Å². The van der Waals surface area contributed by atoms with Gasteiger partial charge in [0.25, 0.3) is 0 Å². The second kappa shape index (κ2) is 2.93. The standard InChI is InChI=1S/C8H9NS2/c1-9-5-7-4-6-2-3-10-8(6)11-7/h2-4,9H,5H2,1H3. The molecular formula is C8H9NS2. The maximum atomic E-state index is 3.15. The topological polar surface area (TPSA) is 12.0 Å². The van der Waals surface area contributed by atoms with Crippen molar-refractivity contribution in [3.05, 3.63) is 22.4 Å². The Labute approximate surface area is 73.7 Å². The Morgan fingerprint density at radius 2 is 2.45 bits per heavy atom. The molecule has 0 aromatic carbocycles. The van der Waals surface area contributed by atoms with Gasteiger partial charge in [-0.2, -0.15) is 0 Å². The van der Waals surface area contributed by atoms with Gasteiger partial charge in [-0.3, -0.25) is 0 Å². The van der Waals surface area contributed by atoms with Crippen LogP contribution in [0.25, 0.3) is 9.40 Å². The minimum Gasteiger partial charge on any atom is -0.315 e. The highest BCUT2D eigenvalue weighted by molar-refractivity contribution is 7.37. The van der Waals surface area contributed by atoms with Crippen molar-refractivity contribution in [2.24, 2.45) is 0 Å². The molecule has 58 valence electrons. The van der Waals surface area contributed by atoms with Crippen LogP contribution in [-0.2, 0) is 6.54 Å². The Morgan fingerprint density at radius 3 is 3.18 bits per heavy atom. The molecule has 0 aliphatic rings. The third-order valence-corrected chi connectivity index (χ3v) is 3.76. The number of fused-ring (bicyclic) bond motifs is 1. The first kappa shape index (κ1) is 7.28. The SMILES string of the molecule is CNCc1cc2ccsc2s1. The van der Waals surface area contributed by atoms with E-state index in [0.29, 0.717) is 0 Å². The van der Waals surface area contributed by atoms with E-state index in [-0.39, 0.29) is 0 Å². The Bertz CT molecular complexity index is 319. The molecule has 1 N–H and O–H groups in total. The van der Waals surface area contributed by atoms with E-state index in [4.69, 9.17) is 0 Å². The highest BCUT2D eigenvalue weighted by Crippen LogP contribution is 2.29. The summed E-state index contributed by atoms with van der Waals surface area (Å²) < 4.78 is 1.44. The van der Waals surface area contributed by atoms with E-state index in [2.05, 4.69) is 22.8 Å². The summed E-state index contributed by atoms with van der Waals surface area (Å²) >= 11 is 3.71. The van der Waals surface area contributed by atoms with Crippen LogP contribution in [0, 0.1) is 0 Å². The van der Waals surface area contributed by atoms with Crippen molar-refractivity contribution < 1.29 is 0 Å². The molecule has 2 aromatic heterocycles. The van der Waals surface area contributed by atoms with E-state index >= 15 is 0 Å². The zero-order chi connectivity index (χ0) is 7.68. The first-order valence-electron chi connectivity index (χ1n) is 3.50. The van der Waals surface area contributed by atoms with Crippen LogP contribution < -0.4 is 5.32 Å². The molecule has 0 amide bonds. The van der Waals surface area contributed by atoms with Gasteiger partial charge in [0.15, 0.2) is 0 Å². The van der Waals surface area contributed by atoms with E-state index in [1.165, 1.54) is 14.3 Å². The number of hydrogen-bond donors (Lipinski definition) is 1. The van der Waals surface area contributed by atoms with Gasteiger partial charge in [0.1, 0.15) is 0 Å². The Hall–Kier alpha value is -0.380. The van der Waals surface area contributed by atoms with Crippen molar-refractivity contribution in [3.63, 3.8) is 0 Å². The molecule has 0 aliphatic carbocycles. The summed E-state index contributed by atoms with van der Waals surface area (Å²) in [7, 11) is 1.98. The molecule has 3 heteroatoms. The molecule has 2 aromatic rings. The maximum absolute atomic E-state index is 3.15. The molecule has 0 fully saturated rings. The van der Waals surface area contributed by atoms with E-state index in [1.807, 2.05) is 29.7 Å². The monoisotopic (exact) mass is 183 g/mol. The van der Waals surface area contributed by atoms with Crippen LogP contribution in [0.3, 0.4) is 0 Å². The fourth-order valence-electron chi connectivity index (χ4n) is 1.08. The fraction of sp³-hybridized carbons (Fsp3) is 0.250. The van der Waals surface area contributed by atoms with Crippen LogP contribution in [-0.4, -0.2) is 7.05 Å². The van der Waals surface area contributed by atoms with Crippen LogP contribution in [0.1, 0.15) is 4.88 Å². The van der Waals surface area contributed by atoms with Gasteiger partial charge in [-0.05, 0) is 24.6 Å². The van der Waals surface area contributed by atoms with Crippen LogP contribution in [0.15, 0.2) is 17.5 Å². The van der Waals surface area contributed by atoms with E-state index in [1.54, 1.807) is 0 Å². The molecular weight excluding hydrogens is 174 g/mol. The zero-order valence-electron chi connectivity index (χ0n) is 6.26. The molecule has 0 radical (unpaired) electrons. The molecule has 2 rings (SSSR count). The van der Waals surface area contributed by atoms with Gasteiger partial charge in [-0.25, -0.2) is 0 Å². The maximum Gasteiger partial charge on any atom is 0.0868 e. The van der Waals surface area contributed by atoms with Crippen LogP contribution in [0.5, 0.6) is 0 Å². The number of hydrogen-bond acceptors (Lipinski definition) is 3. The Balaban J connectivity index is 2.42. The first-order valence-corrected chi connectivity index (χ1v) is 5.20.